The predicted octanol–water partition coefficient (Wildman–Crippen LogP) is 5.16. The van der Waals surface area contributed by atoms with Crippen molar-refractivity contribution in [1.82, 2.24) is 30.7 Å². The van der Waals surface area contributed by atoms with Crippen LogP contribution in [0.2, 0.25) is 0 Å². The molecule has 3 amide bonds. The molecule has 14 heteroatoms. The molecule has 1 heterocycles. The highest BCUT2D eigenvalue weighted by molar-refractivity contribution is 7.85. The molecule has 0 unspecified atom stereocenters. The molecule has 1 aliphatic rings. The number of carbonyl (C=O) groups is 3. The lowest BCUT2D eigenvalue weighted by molar-refractivity contribution is -0.148. The number of hydrogen-bond acceptors (Lipinski definition) is 8. The summed E-state index contributed by atoms with van der Waals surface area (Å²) >= 11 is 0. The second kappa shape index (κ2) is 20.5. The number of aryl methyl sites for hydroxylation is 1. The summed E-state index contributed by atoms with van der Waals surface area (Å²) in [6.07, 6.45) is 12.4. The molecule has 1 saturated carbocycles. The molecule has 13 nitrogen and oxygen atoms in total. The van der Waals surface area contributed by atoms with Crippen LogP contribution >= 0.6 is 0 Å². The number of nitrogens with zero attached hydrogens (tertiary/aromatic N) is 4. The van der Waals surface area contributed by atoms with E-state index >= 15 is 0 Å². The maximum Gasteiger partial charge on any atom is 0.294 e. The van der Waals surface area contributed by atoms with Gasteiger partial charge in [0.05, 0.1) is 16.7 Å². The highest BCUT2D eigenvalue weighted by atomic mass is 32.2. The van der Waals surface area contributed by atoms with Gasteiger partial charge in [0.25, 0.3) is 16.0 Å². The fourth-order valence-electron chi connectivity index (χ4n) is 6.26. The molecule has 2 aromatic carbocycles. The minimum atomic E-state index is -4.02. The van der Waals surface area contributed by atoms with Crippen LogP contribution in [0, 0.1) is 30.6 Å². The minimum absolute atomic E-state index is 0.0666. The van der Waals surface area contributed by atoms with E-state index in [1.807, 2.05) is 51.1 Å². The first-order chi connectivity index (χ1) is 23.9. The number of benzene rings is 2. The van der Waals surface area contributed by atoms with Gasteiger partial charge >= 0.3 is 0 Å². The van der Waals surface area contributed by atoms with E-state index in [1.165, 1.54) is 66.6 Å². The van der Waals surface area contributed by atoms with Crippen molar-refractivity contribution >= 4 is 27.8 Å². The monoisotopic (exact) mass is 712 g/mol. The highest BCUT2D eigenvalue weighted by Gasteiger charge is 2.35. The number of nitrogens with one attached hydrogen (secondary N) is 2. The van der Waals surface area contributed by atoms with Gasteiger partial charge in [-0.05, 0) is 55.7 Å². The van der Waals surface area contributed by atoms with Crippen molar-refractivity contribution in [2.24, 2.45) is 23.7 Å². The van der Waals surface area contributed by atoms with Gasteiger partial charge in [-0.15, -0.1) is 0 Å². The molecule has 1 aromatic heterocycles. The largest absolute Gasteiger partial charge is 0.294 e. The molecule has 1 fully saturated rings. The fraction of sp³-hybridized carbons (Fsp3) is 0.528. The second-order valence-electron chi connectivity index (χ2n) is 13.4. The van der Waals surface area contributed by atoms with Gasteiger partial charge in [-0.1, -0.05) is 107 Å². The SMILES string of the molecule is CC(C)C[C@@H](C(=O)NN(CCc1ccccc1)C(=O)Cn1cncn1)[C@H](CCCC1CCCCC1)C(=O)NO.Cc1ccc(S(=O)(=O)O)cc1. The summed E-state index contributed by atoms with van der Waals surface area (Å²) in [6, 6.07) is 15.7. The number of hydrazine groups is 1. The first-order valence-corrected chi connectivity index (χ1v) is 18.8. The maximum atomic E-state index is 13.7. The van der Waals surface area contributed by atoms with Crippen LogP contribution in [0.25, 0.3) is 0 Å². The number of carbonyl (C=O) groups excluding carboxylic acids is 3. The first-order valence-electron chi connectivity index (χ1n) is 17.3. The molecule has 3 aromatic rings. The van der Waals surface area contributed by atoms with E-state index in [4.69, 9.17) is 4.55 Å². The van der Waals surface area contributed by atoms with Crippen molar-refractivity contribution in [3.05, 3.63) is 78.4 Å². The molecule has 274 valence electrons. The minimum Gasteiger partial charge on any atom is -0.289 e. The predicted molar refractivity (Wildman–Crippen MR) is 188 cm³/mol. The van der Waals surface area contributed by atoms with Crippen LogP contribution in [-0.2, 0) is 37.5 Å². The molecular weight excluding hydrogens is 660 g/mol. The normalized spacial score (nSPS) is 14.6. The Morgan fingerprint density at radius 1 is 0.980 bits per heavy atom. The van der Waals surface area contributed by atoms with Crippen LogP contribution in [-0.4, -0.2) is 62.2 Å². The Morgan fingerprint density at radius 2 is 1.66 bits per heavy atom. The smallest absolute Gasteiger partial charge is 0.289 e. The summed E-state index contributed by atoms with van der Waals surface area (Å²) in [5, 5.41) is 14.9. The summed E-state index contributed by atoms with van der Waals surface area (Å²) in [7, 11) is -4.02. The number of amides is 3. The van der Waals surface area contributed by atoms with Gasteiger partial charge in [-0.3, -0.25) is 34.6 Å². The van der Waals surface area contributed by atoms with Crippen LogP contribution in [0.4, 0.5) is 0 Å². The van der Waals surface area contributed by atoms with E-state index in [-0.39, 0.29) is 29.8 Å². The Balaban J connectivity index is 0.000000521. The number of rotatable bonds is 15. The third-order valence-corrected chi connectivity index (χ3v) is 9.81. The van der Waals surface area contributed by atoms with E-state index in [1.54, 1.807) is 17.6 Å². The molecule has 2 atom stereocenters. The maximum absolute atomic E-state index is 13.7. The van der Waals surface area contributed by atoms with Crippen LogP contribution in [0.1, 0.15) is 82.8 Å². The summed E-state index contributed by atoms with van der Waals surface area (Å²) < 4.78 is 31.0. The van der Waals surface area contributed by atoms with Crippen molar-refractivity contribution in [2.75, 3.05) is 6.54 Å². The average Bonchev–Trinajstić information content (AvgIpc) is 3.61. The van der Waals surface area contributed by atoms with Crippen LogP contribution in [0.15, 0.2) is 72.1 Å². The first kappa shape index (κ1) is 40.3. The van der Waals surface area contributed by atoms with Crippen molar-refractivity contribution in [2.45, 2.75) is 96.4 Å². The molecule has 0 spiro atoms. The zero-order chi connectivity index (χ0) is 36.5. The van der Waals surface area contributed by atoms with E-state index in [0.29, 0.717) is 25.2 Å². The number of aromatic nitrogens is 3. The molecule has 50 heavy (non-hydrogen) atoms. The van der Waals surface area contributed by atoms with Crippen LogP contribution in [0.3, 0.4) is 0 Å². The highest BCUT2D eigenvalue weighted by Crippen LogP contribution is 2.31. The van der Waals surface area contributed by atoms with Crippen molar-refractivity contribution in [3.63, 3.8) is 0 Å². The molecule has 4 rings (SSSR count). The zero-order valence-electron chi connectivity index (χ0n) is 29.3. The van der Waals surface area contributed by atoms with Gasteiger partial charge in [-0.2, -0.15) is 13.5 Å². The fourth-order valence-corrected chi connectivity index (χ4v) is 6.74. The lowest BCUT2D eigenvalue weighted by Crippen LogP contribution is -2.52. The Labute approximate surface area is 295 Å². The van der Waals surface area contributed by atoms with Crippen LogP contribution < -0.4 is 10.9 Å². The van der Waals surface area contributed by atoms with Gasteiger partial charge < -0.3 is 0 Å². The number of hydroxylamine groups is 1. The zero-order valence-corrected chi connectivity index (χ0v) is 30.1. The molecule has 4 N–H and O–H groups in total. The molecule has 0 radical (unpaired) electrons. The van der Waals surface area contributed by atoms with E-state index in [9.17, 15) is 28.0 Å². The van der Waals surface area contributed by atoms with E-state index in [2.05, 4.69) is 15.5 Å². The van der Waals surface area contributed by atoms with E-state index in [0.717, 1.165) is 24.0 Å². The summed E-state index contributed by atoms with van der Waals surface area (Å²) in [4.78, 5) is 43.6. The van der Waals surface area contributed by atoms with Crippen molar-refractivity contribution in [1.29, 1.82) is 0 Å². The van der Waals surface area contributed by atoms with Crippen LogP contribution in [0.5, 0.6) is 0 Å². The second-order valence-corrected chi connectivity index (χ2v) is 14.8. The van der Waals surface area contributed by atoms with Crippen molar-refractivity contribution < 1.29 is 32.6 Å². The Bertz CT molecular complexity index is 1560. The molecule has 0 aliphatic heterocycles. The topological polar surface area (TPSA) is 184 Å². The average molecular weight is 713 g/mol. The summed E-state index contributed by atoms with van der Waals surface area (Å²) in [5.41, 5.74) is 6.61. The molecule has 1 aliphatic carbocycles. The Kier molecular flexibility index (Phi) is 16.5. The lowest BCUT2D eigenvalue weighted by atomic mass is 9.79. The van der Waals surface area contributed by atoms with Gasteiger partial charge in [0.2, 0.25) is 11.8 Å². The summed E-state index contributed by atoms with van der Waals surface area (Å²) in [5.74, 6) is -1.87. The third kappa shape index (κ3) is 14.0. The van der Waals surface area contributed by atoms with Gasteiger partial charge in [-0.25, -0.2) is 15.1 Å². The van der Waals surface area contributed by atoms with E-state index < -0.39 is 33.8 Å². The molecule has 0 saturated heterocycles. The molecule has 0 bridgehead atoms. The van der Waals surface area contributed by atoms with Gasteiger partial charge in [0, 0.05) is 6.54 Å². The van der Waals surface area contributed by atoms with Crippen molar-refractivity contribution in [3.8, 4) is 0 Å². The third-order valence-electron chi connectivity index (χ3n) is 8.94. The Hall–Kier alpha value is -4.14. The summed E-state index contributed by atoms with van der Waals surface area (Å²) in [6.45, 7) is 6.02. The number of hydrogen-bond donors (Lipinski definition) is 4. The van der Waals surface area contributed by atoms with Gasteiger partial charge in [0.1, 0.15) is 19.2 Å². The van der Waals surface area contributed by atoms with Gasteiger partial charge in [0.15, 0.2) is 0 Å². The lowest BCUT2D eigenvalue weighted by Gasteiger charge is -2.30. The quantitative estimate of drug-likeness (QED) is 0.0940. The Morgan fingerprint density at radius 3 is 2.24 bits per heavy atom. The standard InChI is InChI=1S/C29H44N6O4.C7H8O3S/c1-22(2)18-26(25(29(38)33-39)15-9-14-23-10-5-3-6-11-23)28(37)32-35(17-16-24-12-7-4-8-13-24)27(36)19-34-21-30-20-31-34;1-6-2-4-7(5-3-6)11(8,9)10/h4,7-8,12-13,20-23,25-26,39H,3,5-6,9-11,14-19H2,1-2H3,(H,32,37)(H,33,38);2-5H,1H3,(H,8,9,10)/t25-,26+;/m0./s1. The molecular formula is C36H52N6O7S.